The number of amides is 1. The van der Waals surface area contributed by atoms with Crippen LogP contribution in [0, 0.1) is 6.92 Å². The van der Waals surface area contributed by atoms with Crippen LogP contribution < -0.4 is 11.1 Å². The summed E-state index contributed by atoms with van der Waals surface area (Å²) < 4.78 is 4.69. The van der Waals surface area contributed by atoms with Gasteiger partial charge in [-0.3, -0.25) is 9.59 Å². The lowest BCUT2D eigenvalue weighted by atomic mass is 9.92. The number of nitrogens with one attached hydrogen (secondary N) is 1. The summed E-state index contributed by atoms with van der Waals surface area (Å²) >= 11 is 0. The van der Waals surface area contributed by atoms with Crippen molar-refractivity contribution >= 4 is 11.9 Å². The summed E-state index contributed by atoms with van der Waals surface area (Å²) in [5.74, 6) is -0.481. The monoisotopic (exact) mass is 366 g/mol. The van der Waals surface area contributed by atoms with E-state index in [-0.39, 0.29) is 18.3 Å². The number of esters is 1. The molecule has 0 saturated carbocycles. The van der Waals surface area contributed by atoms with Crippen molar-refractivity contribution in [2.45, 2.75) is 25.8 Å². The minimum Gasteiger partial charge on any atom is -0.469 e. The van der Waals surface area contributed by atoms with Crippen molar-refractivity contribution in [3.05, 3.63) is 71.8 Å². The average Bonchev–Trinajstić information content (AvgIpc) is 2.67. The number of methoxy groups -OCH3 is 1. The van der Waals surface area contributed by atoms with Gasteiger partial charge >= 0.3 is 5.97 Å². The van der Waals surface area contributed by atoms with Gasteiger partial charge < -0.3 is 15.8 Å². The van der Waals surface area contributed by atoms with Gasteiger partial charge in [0.1, 0.15) is 0 Å². The Bertz CT molecular complexity index is 830. The van der Waals surface area contributed by atoms with Crippen molar-refractivity contribution in [2.75, 3.05) is 13.7 Å². The van der Waals surface area contributed by atoms with Gasteiger partial charge in [-0.25, -0.2) is 0 Å². The van der Waals surface area contributed by atoms with Gasteiger partial charge in [0.25, 0.3) is 5.91 Å². The molecule has 27 heavy (non-hydrogen) atoms. The van der Waals surface area contributed by atoms with E-state index in [1.165, 1.54) is 7.11 Å². The van der Waals surface area contributed by atoms with E-state index in [0.29, 0.717) is 18.5 Å². The smallest absolute Gasteiger partial charge is 0.307 e. The summed E-state index contributed by atoms with van der Waals surface area (Å²) in [6.45, 7) is 6.18. The van der Waals surface area contributed by atoms with Crippen molar-refractivity contribution in [3.8, 4) is 11.1 Å². The number of rotatable bonds is 8. The lowest BCUT2D eigenvalue weighted by Gasteiger charge is -2.16. The molecule has 1 atom stereocenters. The van der Waals surface area contributed by atoms with E-state index in [0.717, 1.165) is 22.3 Å². The minimum atomic E-state index is -0.466. The van der Waals surface area contributed by atoms with E-state index >= 15 is 0 Å². The molecule has 142 valence electrons. The van der Waals surface area contributed by atoms with E-state index in [4.69, 9.17) is 10.5 Å². The van der Waals surface area contributed by atoms with Gasteiger partial charge in [-0.2, -0.15) is 0 Å². The first-order valence-corrected chi connectivity index (χ1v) is 8.89. The first kappa shape index (κ1) is 20.4. The Kier molecular flexibility index (Phi) is 7.32. The zero-order valence-electron chi connectivity index (χ0n) is 15.8. The van der Waals surface area contributed by atoms with Crippen LogP contribution in [0.4, 0.5) is 0 Å². The van der Waals surface area contributed by atoms with E-state index in [1.807, 2.05) is 49.4 Å². The lowest BCUT2D eigenvalue weighted by molar-refractivity contribution is -0.141. The van der Waals surface area contributed by atoms with E-state index in [9.17, 15) is 9.59 Å². The van der Waals surface area contributed by atoms with Gasteiger partial charge in [-0.1, -0.05) is 36.4 Å². The first-order chi connectivity index (χ1) is 13.0. The van der Waals surface area contributed by atoms with Gasteiger partial charge in [-0.05, 0) is 47.7 Å². The molecule has 5 nitrogen and oxygen atoms in total. The number of carbonyl (C=O) groups excluding carboxylic acids is 2. The largest absolute Gasteiger partial charge is 0.469 e. The number of aryl methyl sites for hydroxylation is 1. The molecule has 0 bridgehead atoms. The summed E-state index contributed by atoms with van der Waals surface area (Å²) in [4.78, 5) is 24.1. The van der Waals surface area contributed by atoms with Crippen LogP contribution in [-0.2, 0) is 9.53 Å². The third kappa shape index (κ3) is 5.28. The van der Waals surface area contributed by atoms with Gasteiger partial charge in [0.05, 0.1) is 13.5 Å². The van der Waals surface area contributed by atoms with Crippen molar-refractivity contribution < 1.29 is 14.3 Å². The van der Waals surface area contributed by atoms with Crippen LogP contribution in [0.3, 0.4) is 0 Å². The van der Waals surface area contributed by atoms with E-state index < -0.39 is 6.04 Å². The van der Waals surface area contributed by atoms with Crippen LogP contribution in [0.5, 0.6) is 0 Å². The quantitative estimate of drug-likeness (QED) is 0.425. The number of ether oxygens (including phenoxy) is 1. The summed E-state index contributed by atoms with van der Waals surface area (Å²) in [6.07, 6.45) is 2.58. The number of benzene rings is 2. The van der Waals surface area contributed by atoms with Crippen molar-refractivity contribution in [2.24, 2.45) is 5.73 Å². The standard InChI is InChI=1S/C22H26N2O3/c1-4-5-12-24-22(26)18-11-6-8-15(2)21(18)17-10-7-9-16(13-17)19(23)14-20(25)27-3/h4,6-11,13,19H,1,5,12,14,23H2,2-3H3,(H,24,26)/t19-/m0/s1. The molecule has 0 spiro atoms. The van der Waals surface area contributed by atoms with Gasteiger partial charge in [0.15, 0.2) is 0 Å². The third-order valence-corrected chi connectivity index (χ3v) is 4.37. The van der Waals surface area contributed by atoms with Gasteiger partial charge in [-0.15, -0.1) is 6.58 Å². The molecular formula is C22H26N2O3. The fourth-order valence-corrected chi connectivity index (χ4v) is 2.93. The molecule has 0 unspecified atom stereocenters. The second-order valence-electron chi connectivity index (χ2n) is 6.34. The van der Waals surface area contributed by atoms with Crippen LogP contribution in [-0.4, -0.2) is 25.5 Å². The Hall–Kier alpha value is -2.92. The number of hydrogen-bond acceptors (Lipinski definition) is 4. The summed E-state index contributed by atoms with van der Waals surface area (Å²) in [5, 5.41) is 2.91. The maximum absolute atomic E-state index is 12.6. The molecule has 0 heterocycles. The third-order valence-electron chi connectivity index (χ3n) is 4.37. The normalized spacial score (nSPS) is 11.5. The van der Waals surface area contributed by atoms with Crippen LogP contribution in [0.15, 0.2) is 55.1 Å². The highest BCUT2D eigenvalue weighted by Crippen LogP contribution is 2.30. The zero-order chi connectivity index (χ0) is 19.8. The topological polar surface area (TPSA) is 81.4 Å². The summed E-state index contributed by atoms with van der Waals surface area (Å²) in [7, 11) is 1.34. The molecule has 2 aromatic rings. The zero-order valence-corrected chi connectivity index (χ0v) is 15.8. The summed E-state index contributed by atoms with van der Waals surface area (Å²) in [5.41, 5.74) is 10.3. The van der Waals surface area contributed by atoms with Gasteiger partial charge in [0.2, 0.25) is 0 Å². The molecule has 0 saturated heterocycles. The molecule has 0 aromatic heterocycles. The van der Waals surface area contributed by atoms with Crippen LogP contribution in [0.25, 0.3) is 11.1 Å². The minimum absolute atomic E-state index is 0.0998. The van der Waals surface area contributed by atoms with Gasteiger partial charge in [0, 0.05) is 18.2 Å². The molecule has 3 N–H and O–H groups in total. The lowest BCUT2D eigenvalue weighted by Crippen LogP contribution is -2.25. The number of nitrogens with two attached hydrogens (primary N) is 1. The van der Waals surface area contributed by atoms with E-state index in [1.54, 1.807) is 6.08 Å². The van der Waals surface area contributed by atoms with Crippen LogP contribution in [0.1, 0.15) is 40.4 Å². The Balaban J connectivity index is 2.37. The highest BCUT2D eigenvalue weighted by molar-refractivity contribution is 6.01. The predicted octanol–water partition coefficient (Wildman–Crippen LogP) is 3.53. The molecule has 5 heteroatoms. The second-order valence-corrected chi connectivity index (χ2v) is 6.34. The van der Waals surface area contributed by atoms with Crippen LogP contribution >= 0.6 is 0 Å². The maximum atomic E-state index is 12.6. The Labute approximate surface area is 160 Å². The molecule has 1 amide bonds. The molecule has 2 rings (SSSR count). The van der Waals surface area contributed by atoms with Crippen molar-refractivity contribution in [1.82, 2.24) is 5.32 Å². The maximum Gasteiger partial charge on any atom is 0.307 e. The highest BCUT2D eigenvalue weighted by Gasteiger charge is 2.17. The van der Waals surface area contributed by atoms with E-state index in [2.05, 4.69) is 11.9 Å². The SMILES string of the molecule is C=CCCNC(=O)c1cccc(C)c1-c1cccc([C@@H](N)CC(=O)OC)c1. The number of carbonyl (C=O) groups is 2. The molecule has 0 aliphatic heterocycles. The summed E-state index contributed by atoms with van der Waals surface area (Å²) in [6, 6.07) is 12.8. The molecule has 0 fully saturated rings. The van der Waals surface area contributed by atoms with Crippen LogP contribution in [0.2, 0.25) is 0 Å². The molecule has 0 radical (unpaired) electrons. The second kappa shape index (κ2) is 9.69. The Morgan fingerprint density at radius 1 is 1.26 bits per heavy atom. The predicted molar refractivity (Wildman–Crippen MR) is 107 cm³/mol. The van der Waals surface area contributed by atoms with Crippen molar-refractivity contribution in [1.29, 1.82) is 0 Å². The number of hydrogen-bond donors (Lipinski definition) is 2. The first-order valence-electron chi connectivity index (χ1n) is 8.89. The fourth-order valence-electron chi connectivity index (χ4n) is 2.93. The van der Waals surface area contributed by atoms with Crippen molar-refractivity contribution in [3.63, 3.8) is 0 Å². The molecule has 0 aliphatic rings. The molecule has 2 aromatic carbocycles. The highest BCUT2D eigenvalue weighted by atomic mass is 16.5. The fraction of sp³-hybridized carbons (Fsp3) is 0.273. The molecular weight excluding hydrogens is 340 g/mol. The Morgan fingerprint density at radius 3 is 2.70 bits per heavy atom. The Morgan fingerprint density at radius 2 is 2.00 bits per heavy atom. The average molecular weight is 366 g/mol. The molecule has 0 aliphatic carbocycles.